The summed E-state index contributed by atoms with van der Waals surface area (Å²) < 4.78 is 10.0. The van der Waals surface area contributed by atoms with Gasteiger partial charge < -0.3 is 14.8 Å². The Labute approximate surface area is 159 Å². The number of halogens is 1. The van der Waals surface area contributed by atoms with E-state index in [4.69, 9.17) is 21.1 Å². The maximum absolute atomic E-state index is 12.0. The van der Waals surface area contributed by atoms with Gasteiger partial charge in [-0.1, -0.05) is 11.6 Å². The molecular weight excluding hydrogens is 358 g/mol. The van der Waals surface area contributed by atoms with Crippen molar-refractivity contribution in [3.8, 4) is 0 Å². The summed E-state index contributed by atoms with van der Waals surface area (Å²) in [5.41, 5.74) is 0.609. The summed E-state index contributed by atoms with van der Waals surface area (Å²) >= 11 is 5.96. The molecule has 0 bridgehead atoms. The molecule has 1 atom stereocenters. The van der Waals surface area contributed by atoms with Crippen LogP contribution in [0.25, 0.3) is 0 Å². The number of amides is 1. The number of likely N-dealkylation sites (tertiary alicyclic amines) is 1. The fourth-order valence-electron chi connectivity index (χ4n) is 2.88. The monoisotopic (exact) mass is 383 g/mol. The van der Waals surface area contributed by atoms with Crippen molar-refractivity contribution in [2.24, 2.45) is 0 Å². The third-order valence-electron chi connectivity index (χ3n) is 3.93. The first-order chi connectivity index (χ1) is 12.2. The molecule has 0 aliphatic carbocycles. The summed E-state index contributed by atoms with van der Waals surface area (Å²) in [5, 5.41) is 3.05. The van der Waals surface area contributed by atoms with Crippen molar-refractivity contribution in [1.29, 1.82) is 0 Å². The van der Waals surface area contributed by atoms with E-state index in [1.807, 2.05) is 20.8 Å². The summed E-state index contributed by atoms with van der Waals surface area (Å²) in [7, 11) is 1.31. The van der Waals surface area contributed by atoms with Crippen LogP contribution in [0.2, 0.25) is 5.15 Å². The van der Waals surface area contributed by atoms with Crippen LogP contribution in [0, 0.1) is 0 Å². The van der Waals surface area contributed by atoms with Gasteiger partial charge in [0.15, 0.2) is 0 Å². The van der Waals surface area contributed by atoms with E-state index >= 15 is 0 Å². The van der Waals surface area contributed by atoms with Crippen molar-refractivity contribution in [3.05, 3.63) is 28.5 Å². The van der Waals surface area contributed by atoms with Gasteiger partial charge >= 0.3 is 12.1 Å². The SMILES string of the molecule is COC(=O)c1cc(CN2CCC[C@@H](NC(=O)OC(C)(C)C)C2)cnc1Cl. The third kappa shape index (κ3) is 6.14. The minimum absolute atomic E-state index is 0.0268. The predicted octanol–water partition coefficient (Wildman–Crippen LogP) is 3.01. The highest BCUT2D eigenvalue weighted by molar-refractivity contribution is 6.32. The van der Waals surface area contributed by atoms with E-state index in [-0.39, 0.29) is 16.8 Å². The third-order valence-corrected chi connectivity index (χ3v) is 4.23. The van der Waals surface area contributed by atoms with Crippen LogP contribution in [-0.4, -0.2) is 53.8 Å². The second kappa shape index (κ2) is 8.68. The number of nitrogens with one attached hydrogen (secondary N) is 1. The van der Waals surface area contributed by atoms with E-state index < -0.39 is 17.7 Å². The smallest absolute Gasteiger partial charge is 0.407 e. The van der Waals surface area contributed by atoms with Gasteiger partial charge in [-0.15, -0.1) is 0 Å². The number of piperidine rings is 1. The van der Waals surface area contributed by atoms with Crippen LogP contribution in [0.5, 0.6) is 0 Å². The molecule has 2 rings (SSSR count). The van der Waals surface area contributed by atoms with Crippen LogP contribution >= 0.6 is 11.6 Å². The molecule has 1 aromatic heterocycles. The van der Waals surface area contributed by atoms with Gasteiger partial charge in [0.05, 0.1) is 12.7 Å². The fraction of sp³-hybridized carbons (Fsp3) is 0.611. The molecule has 0 aromatic carbocycles. The van der Waals surface area contributed by atoms with Gasteiger partial charge in [-0.2, -0.15) is 0 Å². The second-order valence-corrected chi connectivity index (χ2v) is 7.75. The lowest BCUT2D eigenvalue weighted by Crippen LogP contribution is -2.48. The van der Waals surface area contributed by atoms with Crippen LogP contribution in [0.15, 0.2) is 12.3 Å². The number of aromatic nitrogens is 1. The number of esters is 1. The molecule has 0 unspecified atom stereocenters. The molecule has 8 heteroatoms. The van der Waals surface area contributed by atoms with Crippen LogP contribution in [-0.2, 0) is 16.0 Å². The molecule has 1 saturated heterocycles. The zero-order chi connectivity index (χ0) is 19.3. The van der Waals surface area contributed by atoms with Crippen molar-refractivity contribution in [2.45, 2.75) is 51.8 Å². The number of ether oxygens (including phenoxy) is 2. The van der Waals surface area contributed by atoms with Crippen LogP contribution in [0.4, 0.5) is 4.79 Å². The Balaban J connectivity index is 1.96. The van der Waals surface area contributed by atoms with Crippen molar-refractivity contribution in [3.63, 3.8) is 0 Å². The largest absolute Gasteiger partial charge is 0.465 e. The summed E-state index contributed by atoms with van der Waals surface area (Å²) in [5.74, 6) is -0.507. The molecule has 1 aliphatic rings. The predicted molar refractivity (Wildman–Crippen MR) is 98.3 cm³/mol. The minimum atomic E-state index is -0.516. The number of hydrogen-bond donors (Lipinski definition) is 1. The number of nitrogens with zero attached hydrogens (tertiary/aromatic N) is 2. The maximum Gasteiger partial charge on any atom is 0.407 e. The second-order valence-electron chi connectivity index (χ2n) is 7.39. The van der Waals surface area contributed by atoms with Gasteiger partial charge in [-0.05, 0) is 51.8 Å². The molecule has 0 spiro atoms. The topological polar surface area (TPSA) is 80.8 Å². The normalized spacial score (nSPS) is 18.3. The highest BCUT2D eigenvalue weighted by atomic mass is 35.5. The highest BCUT2D eigenvalue weighted by Crippen LogP contribution is 2.19. The lowest BCUT2D eigenvalue weighted by molar-refractivity contribution is 0.0469. The standard InChI is InChI=1S/C18H26ClN3O4/c1-18(2,3)26-17(24)21-13-6-5-7-22(11-13)10-12-8-14(16(23)25-4)15(19)20-9-12/h8-9,13H,5-7,10-11H2,1-4H3,(H,21,24)/t13-/m1/s1. The molecule has 2 heterocycles. The Morgan fingerprint density at radius 3 is 2.81 bits per heavy atom. The molecule has 1 amide bonds. The molecular formula is C18H26ClN3O4. The molecule has 1 fully saturated rings. The average molecular weight is 384 g/mol. The zero-order valence-electron chi connectivity index (χ0n) is 15.7. The van der Waals surface area contributed by atoms with Gasteiger partial charge in [-0.3, -0.25) is 4.90 Å². The maximum atomic E-state index is 12.0. The molecule has 1 aromatic rings. The van der Waals surface area contributed by atoms with Crippen molar-refractivity contribution >= 4 is 23.7 Å². The minimum Gasteiger partial charge on any atom is -0.465 e. The Morgan fingerprint density at radius 2 is 2.15 bits per heavy atom. The Kier molecular flexibility index (Phi) is 6.83. The first kappa shape index (κ1) is 20.5. The van der Waals surface area contributed by atoms with E-state index in [0.29, 0.717) is 13.1 Å². The summed E-state index contributed by atoms with van der Waals surface area (Å²) in [6.07, 6.45) is 3.12. The summed E-state index contributed by atoms with van der Waals surface area (Å²) in [6, 6.07) is 1.73. The van der Waals surface area contributed by atoms with Crippen LogP contribution in [0.3, 0.4) is 0 Å². The van der Waals surface area contributed by atoms with Gasteiger partial charge in [-0.25, -0.2) is 14.6 Å². The van der Waals surface area contributed by atoms with E-state index in [0.717, 1.165) is 24.9 Å². The number of alkyl carbamates (subject to hydrolysis) is 1. The van der Waals surface area contributed by atoms with Crippen LogP contribution in [0.1, 0.15) is 49.5 Å². The lowest BCUT2D eigenvalue weighted by atomic mass is 10.0. The van der Waals surface area contributed by atoms with E-state index in [2.05, 4.69) is 15.2 Å². The number of hydrogen-bond acceptors (Lipinski definition) is 6. The molecule has 7 nitrogen and oxygen atoms in total. The van der Waals surface area contributed by atoms with Crippen molar-refractivity contribution in [2.75, 3.05) is 20.2 Å². The summed E-state index contributed by atoms with van der Waals surface area (Å²) in [4.78, 5) is 30.0. The van der Waals surface area contributed by atoms with Gasteiger partial charge in [0.2, 0.25) is 0 Å². The Morgan fingerprint density at radius 1 is 1.42 bits per heavy atom. The summed E-state index contributed by atoms with van der Waals surface area (Å²) in [6.45, 7) is 7.74. The number of carbonyl (C=O) groups is 2. The van der Waals surface area contributed by atoms with Gasteiger partial charge in [0.1, 0.15) is 10.8 Å². The molecule has 0 saturated carbocycles. The van der Waals surface area contributed by atoms with Crippen molar-refractivity contribution < 1.29 is 19.1 Å². The molecule has 26 heavy (non-hydrogen) atoms. The van der Waals surface area contributed by atoms with Gasteiger partial charge in [0, 0.05) is 25.3 Å². The Bertz CT molecular complexity index is 660. The van der Waals surface area contributed by atoms with E-state index in [1.54, 1.807) is 12.3 Å². The fourth-order valence-corrected chi connectivity index (χ4v) is 3.06. The first-order valence-electron chi connectivity index (χ1n) is 8.62. The molecule has 1 N–H and O–H groups in total. The van der Waals surface area contributed by atoms with E-state index in [9.17, 15) is 9.59 Å². The van der Waals surface area contributed by atoms with E-state index in [1.165, 1.54) is 7.11 Å². The number of methoxy groups -OCH3 is 1. The molecule has 1 aliphatic heterocycles. The van der Waals surface area contributed by atoms with Gasteiger partial charge in [0.25, 0.3) is 0 Å². The molecule has 0 radical (unpaired) electrons. The van der Waals surface area contributed by atoms with Crippen molar-refractivity contribution in [1.82, 2.24) is 15.2 Å². The number of carbonyl (C=O) groups excluding carboxylic acids is 2. The first-order valence-corrected chi connectivity index (χ1v) is 9.00. The average Bonchev–Trinajstić information content (AvgIpc) is 2.54. The highest BCUT2D eigenvalue weighted by Gasteiger charge is 2.24. The molecule has 144 valence electrons. The Hall–Kier alpha value is -1.86. The van der Waals surface area contributed by atoms with Crippen LogP contribution < -0.4 is 5.32 Å². The lowest BCUT2D eigenvalue weighted by Gasteiger charge is -2.33. The zero-order valence-corrected chi connectivity index (χ0v) is 16.4. The quantitative estimate of drug-likeness (QED) is 0.635. The number of rotatable bonds is 4. The number of pyridine rings is 1.